The van der Waals surface area contributed by atoms with Gasteiger partial charge in [-0.1, -0.05) is 19.4 Å². The van der Waals surface area contributed by atoms with Crippen LogP contribution in [0.25, 0.3) is 0 Å². The molecule has 1 unspecified atom stereocenters. The topological polar surface area (TPSA) is 29.1 Å². The number of nitrogens with one attached hydrogen (secondary N) is 1. The van der Waals surface area contributed by atoms with E-state index >= 15 is 0 Å². The third-order valence-electron chi connectivity index (χ3n) is 3.88. The molecule has 104 valence electrons. The lowest BCUT2D eigenvalue weighted by atomic mass is 9.71. The van der Waals surface area contributed by atoms with Gasteiger partial charge in [0, 0.05) is 12.0 Å². The van der Waals surface area contributed by atoms with Gasteiger partial charge in [0.05, 0.1) is 10.0 Å². The number of Topliss-reactive ketones (excluding diaryl/α,β-unsaturated/α-hetero) is 1. The first-order chi connectivity index (χ1) is 9.10. The number of hydrogen-bond donors (Lipinski definition) is 1. The minimum atomic E-state index is -0.437. The molecule has 4 heteroatoms. The lowest BCUT2D eigenvalue weighted by molar-refractivity contribution is 0.0713. The third-order valence-corrected chi connectivity index (χ3v) is 4.49. The average molecular weight is 328 g/mol. The monoisotopic (exact) mass is 327 g/mol. The van der Waals surface area contributed by atoms with Crippen LogP contribution in [-0.2, 0) is 0 Å². The number of carbonyl (C=O) groups is 1. The van der Waals surface area contributed by atoms with Crippen molar-refractivity contribution >= 4 is 21.7 Å². The summed E-state index contributed by atoms with van der Waals surface area (Å²) in [5.74, 6) is -0.492. The summed E-state index contributed by atoms with van der Waals surface area (Å²) < 4.78 is 14.5. The van der Waals surface area contributed by atoms with E-state index in [4.69, 9.17) is 0 Å². The van der Waals surface area contributed by atoms with E-state index in [0.29, 0.717) is 11.0 Å². The summed E-state index contributed by atoms with van der Waals surface area (Å²) in [5.41, 5.74) is -0.222. The van der Waals surface area contributed by atoms with Gasteiger partial charge in [-0.2, -0.15) is 0 Å². The predicted octanol–water partition coefficient (Wildman–Crippen LogP) is 3.94. The first-order valence-electron chi connectivity index (χ1n) is 6.80. The Balaban J connectivity index is 2.36. The molecule has 2 rings (SSSR count). The number of ketones is 1. The Kier molecular flexibility index (Phi) is 4.74. The normalized spacial score (nSPS) is 23.3. The summed E-state index contributed by atoms with van der Waals surface area (Å²) in [6, 6.07) is 4.93. The number of carbonyl (C=O) groups excluding carboxylic acids is 1. The molecular formula is C15H19BrFNO. The van der Waals surface area contributed by atoms with Crippen LogP contribution in [0.4, 0.5) is 4.39 Å². The minimum Gasteiger partial charge on any atom is -0.316 e. The molecule has 0 amide bonds. The fourth-order valence-electron chi connectivity index (χ4n) is 2.93. The van der Waals surface area contributed by atoms with E-state index in [0.717, 1.165) is 32.2 Å². The van der Waals surface area contributed by atoms with Gasteiger partial charge >= 0.3 is 0 Å². The first kappa shape index (κ1) is 14.7. The highest BCUT2D eigenvalue weighted by Crippen LogP contribution is 2.36. The maximum Gasteiger partial charge on any atom is 0.173 e. The second kappa shape index (κ2) is 6.14. The Morgan fingerprint density at radius 2 is 2.32 bits per heavy atom. The minimum absolute atomic E-state index is 0.0552. The molecule has 0 aromatic heterocycles. The van der Waals surface area contributed by atoms with Crippen molar-refractivity contribution in [2.24, 2.45) is 5.41 Å². The van der Waals surface area contributed by atoms with E-state index in [1.165, 1.54) is 0 Å². The van der Waals surface area contributed by atoms with Gasteiger partial charge in [0.25, 0.3) is 0 Å². The molecule has 1 aromatic rings. The lowest BCUT2D eigenvalue weighted by Crippen LogP contribution is -2.45. The van der Waals surface area contributed by atoms with Crippen molar-refractivity contribution < 1.29 is 9.18 Å². The summed E-state index contributed by atoms with van der Waals surface area (Å²) in [7, 11) is 0. The fraction of sp³-hybridized carbons (Fsp3) is 0.533. The molecule has 1 saturated heterocycles. The van der Waals surface area contributed by atoms with Gasteiger partial charge in [-0.3, -0.25) is 4.79 Å². The maximum atomic E-state index is 14.1. The van der Waals surface area contributed by atoms with Gasteiger partial charge in [-0.25, -0.2) is 4.39 Å². The summed E-state index contributed by atoms with van der Waals surface area (Å²) in [6.45, 7) is 3.67. The molecule has 0 saturated carbocycles. The third kappa shape index (κ3) is 2.90. The molecule has 1 aliphatic heterocycles. The van der Waals surface area contributed by atoms with Crippen LogP contribution in [0.5, 0.6) is 0 Å². The lowest BCUT2D eigenvalue weighted by Gasteiger charge is -2.36. The van der Waals surface area contributed by atoms with Crippen molar-refractivity contribution in [3.63, 3.8) is 0 Å². The Bertz CT molecular complexity index is 464. The Labute approximate surface area is 121 Å². The average Bonchev–Trinajstić information content (AvgIpc) is 2.42. The molecule has 0 aliphatic carbocycles. The van der Waals surface area contributed by atoms with E-state index in [9.17, 15) is 9.18 Å². The number of halogens is 2. The highest BCUT2D eigenvalue weighted by molar-refractivity contribution is 9.10. The van der Waals surface area contributed by atoms with Crippen molar-refractivity contribution in [1.82, 2.24) is 5.32 Å². The van der Waals surface area contributed by atoms with Crippen molar-refractivity contribution in [1.29, 1.82) is 0 Å². The Hall–Kier alpha value is -0.740. The van der Waals surface area contributed by atoms with Gasteiger partial charge < -0.3 is 5.32 Å². The standard InChI is InChI=1S/C15H19BrFNO/c1-2-7-15(8-4-9-18-10-15)14(19)11-5-3-6-12(16)13(11)17/h3,5-6,18H,2,4,7-10H2,1H3. The second-order valence-corrected chi connectivity index (χ2v) is 6.10. The van der Waals surface area contributed by atoms with E-state index < -0.39 is 11.2 Å². The number of benzene rings is 1. The molecule has 0 bridgehead atoms. The molecule has 1 atom stereocenters. The molecule has 1 N–H and O–H groups in total. The number of rotatable bonds is 4. The molecule has 19 heavy (non-hydrogen) atoms. The van der Waals surface area contributed by atoms with Gasteiger partial charge in [0.2, 0.25) is 0 Å². The molecule has 1 aliphatic rings. The Morgan fingerprint density at radius 3 is 2.95 bits per heavy atom. The van der Waals surface area contributed by atoms with Crippen molar-refractivity contribution in [2.45, 2.75) is 32.6 Å². The molecule has 1 aromatic carbocycles. The van der Waals surface area contributed by atoms with Gasteiger partial charge in [0.1, 0.15) is 5.82 Å². The van der Waals surface area contributed by atoms with Crippen molar-refractivity contribution in [3.05, 3.63) is 34.1 Å². The first-order valence-corrected chi connectivity index (χ1v) is 7.59. The van der Waals surface area contributed by atoms with E-state index in [1.807, 2.05) is 0 Å². The van der Waals surface area contributed by atoms with Gasteiger partial charge in [-0.15, -0.1) is 0 Å². The summed E-state index contributed by atoms with van der Waals surface area (Å²) >= 11 is 3.15. The number of hydrogen-bond acceptors (Lipinski definition) is 2. The molecule has 2 nitrogen and oxygen atoms in total. The van der Waals surface area contributed by atoms with Crippen molar-refractivity contribution in [3.8, 4) is 0 Å². The van der Waals surface area contributed by atoms with E-state index in [2.05, 4.69) is 28.2 Å². The van der Waals surface area contributed by atoms with Crippen LogP contribution >= 0.6 is 15.9 Å². The van der Waals surface area contributed by atoms with Gasteiger partial charge in [-0.05, 0) is 53.9 Å². The smallest absolute Gasteiger partial charge is 0.173 e. The molecule has 0 radical (unpaired) electrons. The summed E-state index contributed by atoms with van der Waals surface area (Å²) in [5, 5.41) is 3.29. The molecular weight excluding hydrogens is 309 g/mol. The van der Waals surface area contributed by atoms with Crippen LogP contribution < -0.4 is 5.32 Å². The highest BCUT2D eigenvalue weighted by Gasteiger charge is 2.40. The van der Waals surface area contributed by atoms with E-state index in [-0.39, 0.29) is 11.3 Å². The zero-order valence-electron chi connectivity index (χ0n) is 11.1. The Morgan fingerprint density at radius 1 is 1.53 bits per heavy atom. The van der Waals surface area contributed by atoms with Crippen LogP contribution in [0.3, 0.4) is 0 Å². The summed E-state index contributed by atoms with van der Waals surface area (Å²) in [6.07, 6.45) is 3.56. The van der Waals surface area contributed by atoms with E-state index in [1.54, 1.807) is 18.2 Å². The van der Waals surface area contributed by atoms with Gasteiger partial charge in [0.15, 0.2) is 5.78 Å². The maximum absolute atomic E-state index is 14.1. The second-order valence-electron chi connectivity index (χ2n) is 5.24. The molecule has 1 heterocycles. The number of piperidine rings is 1. The zero-order valence-corrected chi connectivity index (χ0v) is 12.7. The van der Waals surface area contributed by atoms with Crippen LogP contribution in [0.1, 0.15) is 43.0 Å². The fourth-order valence-corrected chi connectivity index (χ4v) is 3.30. The summed E-state index contributed by atoms with van der Waals surface area (Å²) in [4.78, 5) is 12.8. The molecule has 0 spiro atoms. The van der Waals surface area contributed by atoms with Crippen molar-refractivity contribution in [2.75, 3.05) is 13.1 Å². The highest BCUT2D eigenvalue weighted by atomic mass is 79.9. The predicted molar refractivity (Wildman–Crippen MR) is 77.9 cm³/mol. The van der Waals surface area contributed by atoms with Crippen LogP contribution in [0.15, 0.2) is 22.7 Å². The quantitative estimate of drug-likeness (QED) is 0.848. The SMILES string of the molecule is CCCC1(C(=O)c2cccc(Br)c2F)CCCNC1. The van der Waals surface area contributed by atoms with Crippen LogP contribution in [0, 0.1) is 11.2 Å². The van der Waals surface area contributed by atoms with Crippen LogP contribution in [0.2, 0.25) is 0 Å². The zero-order chi connectivity index (χ0) is 13.9. The largest absolute Gasteiger partial charge is 0.316 e. The molecule has 1 fully saturated rings. The van der Waals surface area contributed by atoms with Crippen LogP contribution in [-0.4, -0.2) is 18.9 Å².